The van der Waals surface area contributed by atoms with Crippen molar-refractivity contribution in [2.24, 2.45) is 23.7 Å². The molecular formula is C17H30N2O2. The van der Waals surface area contributed by atoms with Crippen molar-refractivity contribution in [2.75, 3.05) is 0 Å². The molecule has 0 aromatic carbocycles. The van der Waals surface area contributed by atoms with Gasteiger partial charge in [0.25, 0.3) is 0 Å². The van der Waals surface area contributed by atoms with E-state index in [2.05, 4.69) is 24.5 Å². The smallest absolute Gasteiger partial charge is 0.224 e. The lowest BCUT2D eigenvalue weighted by atomic mass is 9.78. The maximum atomic E-state index is 12.6. The van der Waals surface area contributed by atoms with Gasteiger partial charge in [-0.05, 0) is 57.8 Å². The first-order valence-corrected chi connectivity index (χ1v) is 8.58. The van der Waals surface area contributed by atoms with E-state index in [-0.39, 0.29) is 35.7 Å². The predicted octanol–water partition coefficient (Wildman–Crippen LogP) is 2.48. The second kappa shape index (κ2) is 6.80. The summed E-state index contributed by atoms with van der Waals surface area (Å²) in [6, 6.07) is 0.379. The van der Waals surface area contributed by atoms with Gasteiger partial charge < -0.3 is 10.6 Å². The Hall–Kier alpha value is -1.06. The third kappa shape index (κ3) is 3.41. The molecule has 0 aromatic rings. The van der Waals surface area contributed by atoms with Gasteiger partial charge in [0.15, 0.2) is 0 Å². The normalized spacial score (nSPS) is 33.5. The van der Waals surface area contributed by atoms with Gasteiger partial charge in [-0.3, -0.25) is 9.59 Å². The molecule has 0 radical (unpaired) electrons. The van der Waals surface area contributed by atoms with Crippen LogP contribution in [0.4, 0.5) is 0 Å². The summed E-state index contributed by atoms with van der Waals surface area (Å²) in [6.07, 6.45) is 5.12. The third-order valence-corrected chi connectivity index (χ3v) is 5.52. The van der Waals surface area contributed by atoms with Crippen LogP contribution in [0.25, 0.3) is 0 Å². The summed E-state index contributed by atoms with van der Waals surface area (Å²) >= 11 is 0. The van der Waals surface area contributed by atoms with Crippen molar-refractivity contribution in [3.8, 4) is 0 Å². The Labute approximate surface area is 128 Å². The van der Waals surface area contributed by atoms with Crippen molar-refractivity contribution in [3.63, 3.8) is 0 Å². The highest BCUT2D eigenvalue weighted by Crippen LogP contribution is 2.52. The Balaban J connectivity index is 2.07. The Kier molecular flexibility index (Phi) is 5.28. The van der Waals surface area contributed by atoms with Gasteiger partial charge in [0.1, 0.15) is 0 Å². The summed E-state index contributed by atoms with van der Waals surface area (Å²) in [4.78, 5) is 25.2. The fourth-order valence-corrected chi connectivity index (χ4v) is 3.93. The first kappa shape index (κ1) is 16.3. The van der Waals surface area contributed by atoms with Gasteiger partial charge >= 0.3 is 0 Å². The monoisotopic (exact) mass is 294 g/mol. The molecule has 0 heterocycles. The van der Waals surface area contributed by atoms with E-state index in [1.165, 1.54) is 0 Å². The van der Waals surface area contributed by atoms with Crippen LogP contribution in [0.15, 0.2) is 0 Å². The zero-order valence-corrected chi connectivity index (χ0v) is 13.8. The topological polar surface area (TPSA) is 58.2 Å². The average molecular weight is 294 g/mol. The number of rotatable bonds is 6. The van der Waals surface area contributed by atoms with Crippen molar-refractivity contribution in [1.82, 2.24) is 10.6 Å². The number of fused-ring (bicyclic) bond motifs is 2. The number of carbonyl (C=O) groups excluding carboxylic acids is 2. The zero-order valence-electron chi connectivity index (χ0n) is 13.8. The van der Waals surface area contributed by atoms with Crippen LogP contribution in [-0.4, -0.2) is 23.9 Å². The van der Waals surface area contributed by atoms with Crippen LogP contribution in [-0.2, 0) is 9.59 Å². The van der Waals surface area contributed by atoms with E-state index in [1.54, 1.807) is 0 Å². The molecule has 21 heavy (non-hydrogen) atoms. The maximum Gasteiger partial charge on any atom is 0.224 e. The molecule has 2 rings (SSSR count). The highest BCUT2D eigenvalue weighted by molar-refractivity contribution is 5.89. The molecule has 2 fully saturated rings. The van der Waals surface area contributed by atoms with E-state index in [0.717, 1.165) is 32.1 Å². The van der Waals surface area contributed by atoms with Crippen molar-refractivity contribution in [3.05, 3.63) is 0 Å². The standard InChI is InChI=1S/C17H30N2O2/c1-5-10(3)18-16(20)14-12-7-8-13(9-12)15(14)17(21)19-11(4)6-2/h10-15H,5-9H2,1-4H3,(H,18,20)(H,19,21)/t10-,11+,12-,13+,14-,15-/m0/s1. The van der Waals surface area contributed by atoms with E-state index in [4.69, 9.17) is 0 Å². The van der Waals surface area contributed by atoms with Gasteiger partial charge in [0.05, 0.1) is 11.8 Å². The van der Waals surface area contributed by atoms with Gasteiger partial charge in [-0.2, -0.15) is 0 Å². The molecule has 0 saturated heterocycles. The van der Waals surface area contributed by atoms with Gasteiger partial charge in [0.2, 0.25) is 11.8 Å². The highest BCUT2D eigenvalue weighted by atomic mass is 16.2. The third-order valence-electron chi connectivity index (χ3n) is 5.52. The van der Waals surface area contributed by atoms with Crippen molar-refractivity contribution < 1.29 is 9.59 Å². The SMILES string of the molecule is CC[C@@H](C)NC(=O)[C@H]1[C@@H]2CC[C@@H](C2)[C@@H]1C(=O)N[C@@H](C)CC. The Morgan fingerprint density at radius 1 is 0.905 bits per heavy atom. The van der Waals surface area contributed by atoms with E-state index < -0.39 is 0 Å². The number of nitrogens with one attached hydrogen (secondary N) is 2. The Morgan fingerprint density at radius 3 is 1.62 bits per heavy atom. The molecule has 2 aliphatic rings. The molecule has 0 aliphatic heterocycles. The number of hydrogen-bond acceptors (Lipinski definition) is 2. The van der Waals surface area contributed by atoms with Crippen LogP contribution in [0.5, 0.6) is 0 Å². The van der Waals surface area contributed by atoms with Crippen LogP contribution in [0.2, 0.25) is 0 Å². The molecule has 120 valence electrons. The number of hydrogen-bond donors (Lipinski definition) is 2. The number of carbonyl (C=O) groups is 2. The lowest BCUT2D eigenvalue weighted by Crippen LogP contribution is -2.48. The summed E-state index contributed by atoms with van der Waals surface area (Å²) in [7, 11) is 0. The largest absolute Gasteiger partial charge is 0.353 e. The molecular weight excluding hydrogens is 264 g/mol. The Morgan fingerprint density at radius 2 is 1.29 bits per heavy atom. The van der Waals surface area contributed by atoms with Crippen LogP contribution in [0.3, 0.4) is 0 Å². The minimum absolute atomic E-state index is 0.0980. The number of amides is 2. The van der Waals surface area contributed by atoms with Gasteiger partial charge in [-0.25, -0.2) is 0 Å². The average Bonchev–Trinajstić information content (AvgIpc) is 3.07. The second-order valence-electron chi connectivity index (χ2n) is 7.02. The van der Waals surface area contributed by atoms with Crippen LogP contribution in [0, 0.1) is 23.7 Å². The zero-order chi connectivity index (χ0) is 15.6. The van der Waals surface area contributed by atoms with Crippen LogP contribution >= 0.6 is 0 Å². The quantitative estimate of drug-likeness (QED) is 0.790. The van der Waals surface area contributed by atoms with Crippen molar-refractivity contribution in [2.45, 2.75) is 71.9 Å². The first-order valence-electron chi connectivity index (χ1n) is 8.58. The Bertz CT molecular complexity index is 360. The van der Waals surface area contributed by atoms with Crippen LogP contribution in [0.1, 0.15) is 59.8 Å². The highest BCUT2D eigenvalue weighted by Gasteiger charge is 2.53. The van der Waals surface area contributed by atoms with E-state index in [1.807, 2.05) is 13.8 Å². The summed E-state index contributed by atoms with van der Waals surface area (Å²) < 4.78 is 0. The van der Waals surface area contributed by atoms with Crippen LogP contribution < -0.4 is 10.6 Å². The molecule has 4 heteroatoms. The second-order valence-corrected chi connectivity index (χ2v) is 7.02. The molecule has 0 spiro atoms. The van der Waals surface area contributed by atoms with E-state index in [0.29, 0.717) is 11.8 Å². The van der Waals surface area contributed by atoms with Gasteiger partial charge in [-0.1, -0.05) is 13.8 Å². The summed E-state index contributed by atoms with van der Waals surface area (Å²) in [5.41, 5.74) is 0. The molecule has 6 atom stereocenters. The molecule has 2 saturated carbocycles. The summed E-state index contributed by atoms with van der Waals surface area (Å²) in [5, 5.41) is 6.18. The maximum absolute atomic E-state index is 12.6. The van der Waals surface area contributed by atoms with E-state index in [9.17, 15) is 9.59 Å². The van der Waals surface area contributed by atoms with Gasteiger partial charge in [0, 0.05) is 12.1 Å². The van der Waals surface area contributed by atoms with E-state index >= 15 is 0 Å². The van der Waals surface area contributed by atoms with Crippen molar-refractivity contribution >= 4 is 11.8 Å². The molecule has 4 nitrogen and oxygen atoms in total. The fraction of sp³-hybridized carbons (Fsp3) is 0.882. The summed E-state index contributed by atoms with van der Waals surface area (Å²) in [6.45, 7) is 8.19. The molecule has 0 unspecified atom stereocenters. The fourth-order valence-electron chi connectivity index (χ4n) is 3.93. The summed E-state index contributed by atoms with van der Waals surface area (Å²) in [5.74, 6) is 0.795. The predicted molar refractivity (Wildman–Crippen MR) is 83.6 cm³/mol. The molecule has 2 amide bonds. The molecule has 2 bridgehead atoms. The molecule has 2 N–H and O–H groups in total. The molecule has 0 aromatic heterocycles. The minimum Gasteiger partial charge on any atom is -0.353 e. The lowest BCUT2D eigenvalue weighted by Gasteiger charge is -2.31. The van der Waals surface area contributed by atoms with Crippen molar-refractivity contribution in [1.29, 1.82) is 0 Å². The molecule has 2 aliphatic carbocycles. The van der Waals surface area contributed by atoms with Gasteiger partial charge in [-0.15, -0.1) is 0 Å². The lowest BCUT2D eigenvalue weighted by molar-refractivity contribution is -0.137. The first-order chi connectivity index (χ1) is 9.97. The minimum atomic E-state index is -0.109.